The number of carbonyl (C=O) groups excluding carboxylic acids is 1. The standard InChI is InChI=1S/C18H12Br2N4O4/c19-14-8-15(20)18(17-13(14)2-1-7-21-17)28-10-16(25)23-22-9-11-3-5-12(6-4-11)24(26)27/h1-9H,10H2,(H,23,25)/b22-9+. The number of fused-ring (bicyclic) bond motifs is 1. The van der Waals surface area contributed by atoms with Crippen molar-refractivity contribution in [3.8, 4) is 5.75 Å². The van der Waals surface area contributed by atoms with E-state index in [0.717, 1.165) is 9.86 Å². The first-order valence-electron chi connectivity index (χ1n) is 7.87. The van der Waals surface area contributed by atoms with Gasteiger partial charge in [-0.1, -0.05) is 22.0 Å². The number of nitro groups is 1. The molecule has 0 atom stereocenters. The molecular formula is C18H12Br2N4O4. The molecule has 3 rings (SSSR count). The summed E-state index contributed by atoms with van der Waals surface area (Å²) >= 11 is 6.88. The number of hydrazone groups is 1. The molecule has 0 saturated heterocycles. The van der Waals surface area contributed by atoms with Gasteiger partial charge in [0.15, 0.2) is 12.4 Å². The first-order chi connectivity index (χ1) is 13.5. The van der Waals surface area contributed by atoms with Crippen molar-refractivity contribution < 1.29 is 14.5 Å². The fourth-order valence-corrected chi connectivity index (χ4v) is 3.70. The Morgan fingerprint density at radius 1 is 1.25 bits per heavy atom. The van der Waals surface area contributed by atoms with Gasteiger partial charge in [0.2, 0.25) is 0 Å². The summed E-state index contributed by atoms with van der Waals surface area (Å²) in [7, 11) is 0. The summed E-state index contributed by atoms with van der Waals surface area (Å²) in [6.07, 6.45) is 3.02. The van der Waals surface area contributed by atoms with Crippen LogP contribution in [0.2, 0.25) is 0 Å². The van der Waals surface area contributed by atoms with Gasteiger partial charge in [0.25, 0.3) is 11.6 Å². The van der Waals surface area contributed by atoms with Crippen molar-refractivity contribution in [1.29, 1.82) is 0 Å². The largest absolute Gasteiger partial charge is 0.480 e. The van der Waals surface area contributed by atoms with E-state index in [-0.39, 0.29) is 12.3 Å². The molecule has 0 aliphatic heterocycles. The van der Waals surface area contributed by atoms with Gasteiger partial charge >= 0.3 is 0 Å². The Bertz CT molecular complexity index is 1070. The van der Waals surface area contributed by atoms with E-state index in [9.17, 15) is 14.9 Å². The maximum Gasteiger partial charge on any atom is 0.277 e. The van der Waals surface area contributed by atoms with Crippen LogP contribution in [0.15, 0.2) is 62.7 Å². The van der Waals surface area contributed by atoms with Gasteiger partial charge in [-0.25, -0.2) is 5.43 Å². The lowest BCUT2D eigenvalue weighted by atomic mass is 10.2. The van der Waals surface area contributed by atoms with Gasteiger partial charge in [0, 0.05) is 28.2 Å². The Labute approximate surface area is 176 Å². The predicted molar refractivity (Wildman–Crippen MR) is 111 cm³/mol. The smallest absolute Gasteiger partial charge is 0.277 e. The van der Waals surface area contributed by atoms with Gasteiger partial charge in [0.05, 0.1) is 15.6 Å². The predicted octanol–water partition coefficient (Wildman–Crippen LogP) is 4.20. The van der Waals surface area contributed by atoms with Crippen LogP contribution >= 0.6 is 31.9 Å². The lowest BCUT2D eigenvalue weighted by Gasteiger charge is -2.11. The zero-order valence-corrected chi connectivity index (χ0v) is 17.3. The molecule has 1 aromatic heterocycles. The Hall–Kier alpha value is -2.85. The monoisotopic (exact) mass is 506 g/mol. The lowest BCUT2D eigenvalue weighted by molar-refractivity contribution is -0.384. The maximum atomic E-state index is 12.0. The highest BCUT2D eigenvalue weighted by molar-refractivity contribution is 9.11. The van der Waals surface area contributed by atoms with Crippen molar-refractivity contribution in [2.45, 2.75) is 0 Å². The first kappa shape index (κ1) is 19.9. The number of rotatable bonds is 6. The Morgan fingerprint density at radius 3 is 2.71 bits per heavy atom. The minimum atomic E-state index is -0.487. The number of benzene rings is 2. The number of nitrogens with zero attached hydrogens (tertiary/aromatic N) is 3. The van der Waals surface area contributed by atoms with Crippen LogP contribution < -0.4 is 10.2 Å². The van der Waals surface area contributed by atoms with Crippen LogP contribution in [0.25, 0.3) is 10.9 Å². The Kier molecular flexibility index (Phi) is 6.32. The second-order valence-corrected chi connectivity index (χ2v) is 7.21. The van der Waals surface area contributed by atoms with Crippen molar-refractivity contribution in [3.63, 3.8) is 0 Å². The number of nitrogens with one attached hydrogen (secondary N) is 1. The van der Waals surface area contributed by atoms with Crippen LogP contribution in [0.4, 0.5) is 5.69 Å². The second kappa shape index (κ2) is 8.89. The summed E-state index contributed by atoms with van der Waals surface area (Å²) in [4.78, 5) is 26.4. The molecule has 0 saturated carbocycles. The molecule has 3 aromatic rings. The van der Waals surface area contributed by atoms with E-state index < -0.39 is 10.8 Å². The fraction of sp³-hybridized carbons (Fsp3) is 0.0556. The number of non-ortho nitro benzene ring substituents is 1. The van der Waals surface area contributed by atoms with E-state index >= 15 is 0 Å². The summed E-state index contributed by atoms with van der Waals surface area (Å²) in [6, 6.07) is 11.3. The number of nitro benzene ring substituents is 1. The molecule has 28 heavy (non-hydrogen) atoms. The lowest BCUT2D eigenvalue weighted by Crippen LogP contribution is -2.24. The number of hydrogen-bond acceptors (Lipinski definition) is 6. The van der Waals surface area contributed by atoms with E-state index in [1.807, 2.05) is 18.2 Å². The molecule has 0 unspecified atom stereocenters. The summed E-state index contributed by atoms with van der Waals surface area (Å²) < 4.78 is 7.13. The molecule has 1 heterocycles. The molecule has 8 nitrogen and oxygen atoms in total. The molecule has 0 spiro atoms. The van der Waals surface area contributed by atoms with Crippen LogP contribution in [0.5, 0.6) is 5.75 Å². The first-order valence-corrected chi connectivity index (χ1v) is 9.46. The number of halogens is 2. The van der Waals surface area contributed by atoms with E-state index in [2.05, 4.69) is 47.4 Å². The molecule has 0 fully saturated rings. The van der Waals surface area contributed by atoms with Crippen molar-refractivity contribution in [2.24, 2.45) is 5.10 Å². The molecule has 10 heteroatoms. The van der Waals surface area contributed by atoms with E-state index in [1.165, 1.54) is 30.5 Å². The number of aromatic nitrogens is 1. The van der Waals surface area contributed by atoms with Crippen molar-refractivity contribution in [3.05, 3.63) is 73.3 Å². The Morgan fingerprint density at radius 2 is 2.00 bits per heavy atom. The highest BCUT2D eigenvalue weighted by Gasteiger charge is 2.13. The van der Waals surface area contributed by atoms with Crippen molar-refractivity contribution in [2.75, 3.05) is 6.61 Å². The third-order valence-electron chi connectivity index (χ3n) is 3.60. The molecule has 1 N–H and O–H groups in total. The molecule has 142 valence electrons. The SMILES string of the molecule is O=C(COc1c(Br)cc(Br)c2cccnc12)N/N=C/c1ccc([N+](=O)[O-])cc1. The average Bonchev–Trinajstić information content (AvgIpc) is 2.68. The highest BCUT2D eigenvalue weighted by atomic mass is 79.9. The van der Waals surface area contributed by atoms with Crippen LogP contribution in [-0.2, 0) is 4.79 Å². The molecule has 2 aromatic carbocycles. The molecule has 0 radical (unpaired) electrons. The minimum absolute atomic E-state index is 0.0181. The number of amides is 1. The topological polar surface area (TPSA) is 107 Å². The summed E-state index contributed by atoms with van der Waals surface area (Å²) in [5, 5.41) is 15.3. The zero-order chi connectivity index (χ0) is 20.1. The number of hydrogen-bond donors (Lipinski definition) is 1. The zero-order valence-electron chi connectivity index (χ0n) is 14.1. The van der Waals surface area contributed by atoms with Crippen molar-refractivity contribution in [1.82, 2.24) is 10.4 Å². The van der Waals surface area contributed by atoms with Crippen molar-refractivity contribution >= 4 is 60.6 Å². The van der Waals surface area contributed by atoms with Gasteiger partial charge in [-0.2, -0.15) is 5.10 Å². The van der Waals surface area contributed by atoms with E-state index in [0.29, 0.717) is 21.3 Å². The molecule has 1 amide bonds. The summed E-state index contributed by atoms with van der Waals surface area (Å²) in [5.74, 6) is -0.00893. The van der Waals surface area contributed by atoms with Crippen LogP contribution in [0, 0.1) is 10.1 Å². The average molecular weight is 508 g/mol. The molecular weight excluding hydrogens is 496 g/mol. The third-order valence-corrected chi connectivity index (χ3v) is 4.85. The normalized spacial score (nSPS) is 10.9. The Balaban J connectivity index is 1.62. The van der Waals surface area contributed by atoms with Crippen LogP contribution in [0.3, 0.4) is 0 Å². The maximum absolute atomic E-state index is 12.0. The number of carbonyl (C=O) groups is 1. The minimum Gasteiger partial charge on any atom is -0.480 e. The quantitative estimate of drug-likeness (QED) is 0.305. The summed E-state index contributed by atoms with van der Waals surface area (Å²) in [5.41, 5.74) is 3.55. The van der Waals surface area contributed by atoms with Crippen LogP contribution in [-0.4, -0.2) is 28.6 Å². The number of ether oxygens (including phenoxy) is 1. The fourth-order valence-electron chi connectivity index (χ4n) is 2.31. The molecule has 0 bridgehead atoms. The van der Waals surface area contributed by atoms with E-state index in [1.54, 1.807) is 6.20 Å². The van der Waals surface area contributed by atoms with E-state index in [4.69, 9.17) is 4.74 Å². The van der Waals surface area contributed by atoms with Gasteiger partial charge in [-0.3, -0.25) is 19.9 Å². The van der Waals surface area contributed by atoms with Gasteiger partial charge in [-0.15, -0.1) is 0 Å². The van der Waals surface area contributed by atoms with Gasteiger partial charge < -0.3 is 4.74 Å². The molecule has 0 aliphatic rings. The highest BCUT2D eigenvalue weighted by Crippen LogP contribution is 2.37. The van der Waals surface area contributed by atoms with Gasteiger partial charge in [0.1, 0.15) is 5.52 Å². The molecule has 0 aliphatic carbocycles. The number of pyridine rings is 1. The van der Waals surface area contributed by atoms with Gasteiger partial charge in [-0.05, 0) is 45.8 Å². The van der Waals surface area contributed by atoms with Crippen LogP contribution in [0.1, 0.15) is 5.56 Å². The summed E-state index contributed by atoms with van der Waals surface area (Å²) in [6.45, 7) is -0.260. The second-order valence-electron chi connectivity index (χ2n) is 5.50. The third kappa shape index (κ3) is 4.70.